The number of hydrogen-bond acceptors (Lipinski definition) is 4. The van der Waals surface area contributed by atoms with Crippen LogP contribution < -0.4 is 10.6 Å². The number of anilines is 1. The summed E-state index contributed by atoms with van der Waals surface area (Å²) in [5.41, 5.74) is 2.26. The number of nitrogens with zero attached hydrogens (tertiary/aromatic N) is 2. The zero-order valence-corrected chi connectivity index (χ0v) is 12.7. The van der Waals surface area contributed by atoms with Crippen molar-refractivity contribution in [3.8, 4) is 0 Å². The maximum absolute atomic E-state index is 11.9. The molecule has 7 heteroatoms. The molecule has 0 saturated carbocycles. The summed E-state index contributed by atoms with van der Waals surface area (Å²) in [5.74, 6) is -0.105. The van der Waals surface area contributed by atoms with Gasteiger partial charge in [-0.1, -0.05) is 0 Å². The van der Waals surface area contributed by atoms with Crippen molar-refractivity contribution < 1.29 is 14.0 Å². The van der Waals surface area contributed by atoms with E-state index in [1.54, 1.807) is 23.9 Å². The second-order valence-corrected chi connectivity index (χ2v) is 4.78. The largest absolute Gasteiger partial charge is 0.465 e. The van der Waals surface area contributed by atoms with E-state index in [4.69, 9.17) is 4.42 Å². The van der Waals surface area contributed by atoms with Gasteiger partial charge in [0.1, 0.15) is 5.76 Å². The summed E-state index contributed by atoms with van der Waals surface area (Å²) in [7, 11) is 1.80. The van der Waals surface area contributed by atoms with Gasteiger partial charge in [-0.15, -0.1) is 0 Å². The van der Waals surface area contributed by atoms with Crippen LogP contribution in [0.2, 0.25) is 0 Å². The van der Waals surface area contributed by atoms with Gasteiger partial charge < -0.3 is 15.1 Å². The number of rotatable bonds is 5. The van der Waals surface area contributed by atoms with E-state index in [0.29, 0.717) is 11.4 Å². The molecule has 2 N–H and O–H groups in total. The van der Waals surface area contributed by atoms with Gasteiger partial charge in [0.15, 0.2) is 0 Å². The lowest BCUT2D eigenvalue weighted by Gasteiger charge is -2.06. The summed E-state index contributed by atoms with van der Waals surface area (Å²) < 4.78 is 6.75. The number of aryl methyl sites for hydroxylation is 2. The Morgan fingerprint density at radius 1 is 1.41 bits per heavy atom. The number of amides is 2. The summed E-state index contributed by atoms with van der Waals surface area (Å²) in [6, 6.07) is 3.45. The van der Waals surface area contributed by atoms with Crippen molar-refractivity contribution in [1.29, 1.82) is 0 Å². The third-order valence-electron chi connectivity index (χ3n) is 3.14. The zero-order valence-electron chi connectivity index (χ0n) is 12.7. The minimum atomic E-state index is -0.369. The van der Waals surface area contributed by atoms with Gasteiger partial charge in [0.25, 0.3) is 0 Å². The molecule has 0 unspecified atom stereocenters. The summed E-state index contributed by atoms with van der Waals surface area (Å²) in [6.45, 7) is 3.56. The molecule has 0 atom stereocenters. The lowest BCUT2D eigenvalue weighted by molar-refractivity contribution is -0.121. The second-order valence-electron chi connectivity index (χ2n) is 4.78. The zero-order chi connectivity index (χ0) is 16.1. The molecule has 22 heavy (non-hydrogen) atoms. The minimum absolute atomic E-state index is 0.116. The first-order valence-corrected chi connectivity index (χ1v) is 6.77. The Labute approximate surface area is 128 Å². The summed E-state index contributed by atoms with van der Waals surface area (Å²) in [4.78, 5) is 23.5. The van der Waals surface area contributed by atoms with Crippen LogP contribution in [-0.2, 0) is 16.6 Å². The fourth-order valence-electron chi connectivity index (χ4n) is 1.91. The molecular formula is C15H18N4O3. The summed E-state index contributed by atoms with van der Waals surface area (Å²) in [5, 5.41) is 9.46. The number of carbonyl (C=O) groups excluding carboxylic acids is 2. The molecule has 0 radical (unpaired) electrons. The van der Waals surface area contributed by atoms with E-state index in [9.17, 15) is 9.59 Å². The van der Waals surface area contributed by atoms with Gasteiger partial charge in [-0.05, 0) is 32.1 Å². The Balaban J connectivity index is 1.84. The standard InChI is InChI=1S/C15H18N4O3/c1-10-15(11(2)19(3)18-10)17-14(21)9-16-13(20)7-6-12-5-4-8-22-12/h4-8H,9H2,1-3H3,(H,16,20)(H,17,21)/b7-6+. The topological polar surface area (TPSA) is 89.2 Å². The Hall–Kier alpha value is -2.83. The Bertz CT molecular complexity index is 699. The number of nitrogens with one attached hydrogen (secondary N) is 2. The first kappa shape index (κ1) is 15.6. The van der Waals surface area contributed by atoms with Crippen LogP contribution in [0, 0.1) is 13.8 Å². The average Bonchev–Trinajstić information content (AvgIpc) is 3.07. The number of carbonyl (C=O) groups is 2. The molecule has 2 amide bonds. The van der Waals surface area contributed by atoms with Crippen LogP contribution in [0.25, 0.3) is 6.08 Å². The van der Waals surface area contributed by atoms with Gasteiger partial charge in [0.2, 0.25) is 11.8 Å². The lowest BCUT2D eigenvalue weighted by atomic mass is 10.3. The van der Waals surface area contributed by atoms with Crippen molar-refractivity contribution in [2.75, 3.05) is 11.9 Å². The predicted octanol–water partition coefficient (Wildman–Crippen LogP) is 1.40. The molecule has 2 aromatic heterocycles. The molecule has 0 aromatic carbocycles. The van der Waals surface area contributed by atoms with E-state index in [1.165, 1.54) is 18.4 Å². The second kappa shape index (κ2) is 6.75. The molecule has 0 saturated heterocycles. The molecule has 0 aliphatic heterocycles. The highest BCUT2D eigenvalue weighted by atomic mass is 16.3. The monoisotopic (exact) mass is 302 g/mol. The molecule has 116 valence electrons. The minimum Gasteiger partial charge on any atom is -0.465 e. The molecule has 2 rings (SSSR count). The molecule has 0 spiro atoms. The van der Waals surface area contributed by atoms with Gasteiger partial charge >= 0.3 is 0 Å². The van der Waals surface area contributed by atoms with E-state index in [-0.39, 0.29) is 18.4 Å². The van der Waals surface area contributed by atoms with Gasteiger partial charge in [0, 0.05) is 13.1 Å². The van der Waals surface area contributed by atoms with E-state index in [0.717, 1.165) is 11.4 Å². The highest BCUT2D eigenvalue weighted by molar-refractivity contribution is 5.98. The maximum atomic E-state index is 11.9. The highest BCUT2D eigenvalue weighted by Gasteiger charge is 2.12. The molecule has 7 nitrogen and oxygen atoms in total. The van der Waals surface area contributed by atoms with Gasteiger partial charge in [-0.25, -0.2) is 0 Å². The fourth-order valence-corrected chi connectivity index (χ4v) is 1.91. The average molecular weight is 302 g/mol. The SMILES string of the molecule is Cc1nn(C)c(C)c1NC(=O)CNC(=O)/C=C/c1ccco1. The summed E-state index contributed by atoms with van der Waals surface area (Å²) in [6.07, 6.45) is 4.36. The van der Waals surface area contributed by atoms with Crippen LogP contribution in [0.5, 0.6) is 0 Å². The first-order valence-electron chi connectivity index (χ1n) is 6.77. The van der Waals surface area contributed by atoms with Crippen molar-refractivity contribution >= 4 is 23.6 Å². The molecule has 0 fully saturated rings. The van der Waals surface area contributed by atoms with Crippen molar-refractivity contribution in [2.24, 2.45) is 7.05 Å². The van der Waals surface area contributed by atoms with Gasteiger partial charge in [0.05, 0.1) is 29.9 Å². The highest BCUT2D eigenvalue weighted by Crippen LogP contribution is 2.17. The van der Waals surface area contributed by atoms with E-state index >= 15 is 0 Å². The van der Waals surface area contributed by atoms with Crippen LogP contribution in [-0.4, -0.2) is 28.1 Å². The van der Waals surface area contributed by atoms with Crippen molar-refractivity contribution in [3.63, 3.8) is 0 Å². The van der Waals surface area contributed by atoms with Crippen LogP contribution >= 0.6 is 0 Å². The van der Waals surface area contributed by atoms with Crippen LogP contribution in [0.1, 0.15) is 17.1 Å². The van der Waals surface area contributed by atoms with Crippen molar-refractivity contribution in [1.82, 2.24) is 15.1 Å². The fraction of sp³-hybridized carbons (Fsp3) is 0.267. The summed E-state index contributed by atoms with van der Waals surface area (Å²) >= 11 is 0. The van der Waals surface area contributed by atoms with Gasteiger partial charge in [-0.2, -0.15) is 5.10 Å². The van der Waals surface area contributed by atoms with E-state index < -0.39 is 0 Å². The lowest BCUT2D eigenvalue weighted by Crippen LogP contribution is -2.31. The first-order chi connectivity index (χ1) is 10.5. The Morgan fingerprint density at radius 2 is 2.18 bits per heavy atom. The van der Waals surface area contributed by atoms with Crippen molar-refractivity contribution in [2.45, 2.75) is 13.8 Å². The third-order valence-corrected chi connectivity index (χ3v) is 3.14. The Morgan fingerprint density at radius 3 is 2.77 bits per heavy atom. The van der Waals surface area contributed by atoms with Crippen LogP contribution in [0.4, 0.5) is 5.69 Å². The molecule has 0 bridgehead atoms. The van der Waals surface area contributed by atoms with E-state index in [1.807, 2.05) is 13.8 Å². The molecule has 0 aliphatic rings. The van der Waals surface area contributed by atoms with Crippen LogP contribution in [0.3, 0.4) is 0 Å². The number of furan rings is 1. The quantitative estimate of drug-likeness (QED) is 0.817. The van der Waals surface area contributed by atoms with Gasteiger partial charge in [-0.3, -0.25) is 14.3 Å². The molecular weight excluding hydrogens is 284 g/mol. The van der Waals surface area contributed by atoms with Crippen molar-refractivity contribution in [3.05, 3.63) is 41.6 Å². The molecule has 2 aromatic rings. The van der Waals surface area contributed by atoms with Crippen LogP contribution in [0.15, 0.2) is 28.9 Å². The smallest absolute Gasteiger partial charge is 0.244 e. The Kier molecular flexibility index (Phi) is 4.77. The molecule has 2 heterocycles. The number of hydrogen-bond donors (Lipinski definition) is 2. The number of aromatic nitrogens is 2. The van der Waals surface area contributed by atoms with E-state index in [2.05, 4.69) is 15.7 Å². The maximum Gasteiger partial charge on any atom is 0.244 e. The third kappa shape index (κ3) is 3.85. The predicted molar refractivity (Wildman–Crippen MR) is 82.1 cm³/mol. The normalized spacial score (nSPS) is 10.9. The molecule has 0 aliphatic carbocycles.